The first-order valence-electron chi connectivity index (χ1n) is 11.3. The van der Waals surface area contributed by atoms with Gasteiger partial charge < -0.3 is 16.0 Å². The largest absolute Gasteiger partial charge is 0.348 e. The van der Waals surface area contributed by atoms with Gasteiger partial charge in [-0.25, -0.2) is 13.2 Å². The number of benzene rings is 3. The maximum atomic E-state index is 13.2. The van der Waals surface area contributed by atoms with E-state index in [1.165, 1.54) is 16.4 Å². The van der Waals surface area contributed by atoms with Crippen molar-refractivity contribution in [3.05, 3.63) is 90.0 Å². The standard InChI is InChI=1S/C26H30N4O4S/c1-4-30(23-10-6-5-7-11-23)35(33,34)24-12-8-9-21(17-24)25(31)27-18-20-13-15-22(16-14-20)29-26(32)28-19(2)3/h5-17,19H,4,18H2,1-3H3,(H,27,31)(H2,28,29,32). The minimum atomic E-state index is -3.84. The molecule has 0 radical (unpaired) electrons. The van der Waals surface area contributed by atoms with Crippen LogP contribution in [0.4, 0.5) is 16.2 Å². The molecule has 3 aromatic carbocycles. The van der Waals surface area contributed by atoms with Crippen molar-refractivity contribution in [2.24, 2.45) is 0 Å². The molecule has 0 unspecified atom stereocenters. The fraction of sp³-hybridized carbons (Fsp3) is 0.231. The van der Waals surface area contributed by atoms with Crippen molar-refractivity contribution < 1.29 is 18.0 Å². The Kier molecular flexibility index (Phi) is 8.48. The third-order valence-electron chi connectivity index (χ3n) is 5.10. The zero-order valence-corrected chi connectivity index (χ0v) is 20.8. The van der Waals surface area contributed by atoms with Gasteiger partial charge in [0.1, 0.15) is 0 Å². The Morgan fingerprint density at radius 1 is 0.914 bits per heavy atom. The molecule has 184 valence electrons. The number of rotatable bonds is 9. The highest BCUT2D eigenvalue weighted by Crippen LogP contribution is 2.24. The molecular formula is C26H30N4O4S. The van der Waals surface area contributed by atoms with Crippen LogP contribution in [0.5, 0.6) is 0 Å². The van der Waals surface area contributed by atoms with E-state index in [1.807, 2.05) is 19.9 Å². The summed E-state index contributed by atoms with van der Waals surface area (Å²) in [7, 11) is -3.84. The van der Waals surface area contributed by atoms with Gasteiger partial charge >= 0.3 is 6.03 Å². The zero-order valence-electron chi connectivity index (χ0n) is 20.0. The van der Waals surface area contributed by atoms with Crippen molar-refractivity contribution in [2.45, 2.75) is 38.3 Å². The highest BCUT2D eigenvalue weighted by atomic mass is 32.2. The maximum Gasteiger partial charge on any atom is 0.319 e. The van der Waals surface area contributed by atoms with E-state index in [1.54, 1.807) is 67.6 Å². The molecule has 3 aromatic rings. The number of hydrogen-bond donors (Lipinski definition) is 3. The third-order valence-corrected chi connectivity index (χ3v) is 7.00. The summed E-state index contributed by atoms with van der Waals surface area (Å²) in [5, 5.41) is 8.29. The van der Waals surface area contributed by atoms with Crippen LogP contribution in [0, 0.1) is 0 Å². The van der Waals surface area contributed by atoms with Gasteiger partial charge in [0.15, 0.2) is 0 Å². The quantitative estimate of drug-likeness (QED) is 0.411. The summed E-state index contributed by atoms with van der Waals surface area (Å²) in [5.41, 5.74) is 2.27. The molecule has 0 aromatic heterocycles. The fourth-order valence-corrected chi connectivity index (χ4v) is 4.95. The number of urea groups is 1. The molecule has 35 heavy (non-hydrogen) atoms. The zero-order chi connectivity index (χ0) is 25.4. The van der Waals surface area contributed by atoms with E-state index in [2.05, 4.69) is 16.0 Å². The average Bonchev–Trinajstić information content (AvgIpc) is 2.84. The number of amides is 3. The fourth-order valence-electron chi connectivity index (χ4n) is 3.43. The Balaban J connectivity index is 1.66. The second-order valence-corrected chi connectivity index (χ2v) is 10.0. The summed E-state index contributed by atoms with van der Waals surface area (Å²) in [6.45, 7) is 6.02. The van der Waals surface area contributed by atoms with Gasteiger partial charge in [0.25, 0.3) is 15.9 Å². The van der Waals surface area contributed by atoms with Gasteiger partial charge in [0.2, 0.25) is 0 Å². The molecule has 8 nitrogen and oxygen atoms in total. The smallest absolute Gasteiger partial charge is 0.319 e. The third kappa shape index (κ3) is 6.83. The summed E-state index contributed by atoms with van der Waals surface area (Å²) in [4.78, 5) is 24.6. The van der Waals surface area contributed by atoms with Crippen molar-refractivity contribution in [3.8, 4) is 0 Å². The molecule has 3 amide bonds. The predicted octanol–water partition coefficient (Wildman–Crippen LogP) is 4.36. The van der Waals surface area contributed by atoms with E-state index in [4.69, 9.17) is 0 Å². The molecule has 0 bridgehead atoms. The maximum absolute atomic E-state index is 13.2. The number of nitrogens with one attached hydrogen (secondary N) is 3. The molecule has 9 heteroatoms. The summed E-state index contributed by atoms with van der Waals surface area (Å²) >= 11 is 0. The topological polar surface area (TPSA) is 108 Å². The first kappa shape index (κ1) is 25.8. The summed E-state index contributed by atoms with van der Waals surface area (Å²) in [5.74, 6) is -0.386. The van der Waals surface area contributed by atoms with E-state index < -0.39 is 10.0 Å². The summed E-state index contributed by atoms with van der Waals surface area (Å²) in [6.07, 6.45) is 0. The molecule has 0 aliphatic heterocycles. The molecular weight excluding hydrogens is 464 g/mol. The van der Waals surface area contributed by atoms with E-state index >= 15 is 0 Å². The predicted molar refractivity (Wildman–Crippen MR) is 138 cm³/mol. The van der Waals surface area contributed by atoms with Crippen molar-refractivity contribution in [2.75, 3.05) is 16.2 Å². The van der Waals surface area contributed by atoms with Crippen LogP contribution < -0.4 is 20.3 Å². The Bertz CT molecular complexity index is 1260. The van der Waals surface area contributed by atoms with Crippen LogP contribution in [0.1, 0.15) is 36.7 Å². The van der Waals surface area contributed by atoms with Crippen LogP contribution in [0.3, 0.4) is 0 Å². The van der Waals surface area contributed by atoms with E-state index in [0.29, 0.717) is 11.4 Å². The van der Waals surface area contributed by atoms with Gasteiger partial charge in [-0.05, 0) is 68.8 Å². The van der Waals surface area contributed by atoms with Crippen LogP contribution in [-0.4, -0.2) is 32.9 Å². The van der Waals surface area contributed by atoms with Crippen molar-refractivity contribution in [1.82, 2.24) is 10.6 Å². The Morgan fingerprint density at radius 2 is 1.60 bits per heavy atom. The number of anilines is 2. The number of sulfonamides is 1. The molecule has 3 rings (SSSR count). The lowest BCUT2D eigenvalue weighted by molar-refractivity contribution is 0.0950. The van der Waals surface area contributed by atoms with Gasteiger partial charge in [-0.2, -0.15) is 0 Å². The number of carbonyl (C=O) groups excluding carboxylic acids is 2. The molecule has 0 aliphatic rings. The second kappa shape index (κ2) is 11.5. The van der Waals surface area contributed by atoms with Gasteiger partial charge in [-0.15, -0.1) is 0 Å². The van der Waals surface area contributed by atoms with Gasteiger partial charge in [0, 0.05) is 30.4 Å². The van der Waals surface area contributed by atoms with Crippen molar-refractivity contribution in [3.63, 3.8) is 0 Å². The highest BCUT2D eigenvalue weighted by Gasteiger charge is 2.24. The lowest BCUT2D eigenvalue weighted by atomic mass is 10.2. The monoisotopic (exact) mass is 494 g/mol. The molecule has 0 saturated heterocycles. The first-order valence-corrected chi connectivity index (χ1v) is 12.8. The van der Waals surface area contributed by atoms with Gasteiger partial charge in [-0.3, -0.25) is 9.10 Å². The molecule has 0 spiro atoms. The molecule has 0 saturated carbocycles. The SMILES string of the molecule is CCN(c1ccccc1)S(=O)(=O)c1cccc(C(=O)NCc2ccc(NC(=O)NC(C)C)cc2)c1. The van der Waals surface area contributed by atoms with Crippen LogP contribution in [0.2, 0.25) is 0 Å². The van der Waals surface area contributed by atoms with Crippen LogP contribution in [0.15, 0.2) is 83.8 Å². The minimum Gasteiger partial charge on any atom is -0.348 e. The molecule has 0 fully saturated rings. The lowest BCUT2D eigenvalue weighted by Crippen LogP contribution is -2.34. The molecule has 3 N–H and O–H groups in total. The second-order valence-electron chi connectivity index (χ2n) is 8.17. The summed E-state index contributed by atoms with van der Waals surface area (Å²) < 4.78 is 27.8. The average molecular weight is 495 g/mol. The van der Waals surface area contributed by atoms with Crippen LogP contribution in [-0.2, 0) is 16.6 Å². The van der Waals surface area contributed by atoms with Crippen LogP contribution >= 0.6 is 0 Å². The number of para-hydroxylation sites is 1. The minimum absolute atomic E-state index is 0.0290. The van der Waals surface area contributed by atoms with E-state index in [-0.39, 0.29) is 41.5 Å². The molecule has 0 aliphatic carbocycles. The molecule has 0 atom stereocenters. The van der Waals surface area contributed by atoms with Gasteiger partial charge in [0.05, 0.1) is 10.6 Å². The van der Waals surface area contributed by atoms with Gasteiger partial charge in [-0.1, -0.05) is 36.4 Å². The van der Waals surface area contributed by atoms with Crippen LogP contribution in [0.25, 0.3) is 0 Å². The highest BCUT2D eigenvalue weighted by molar-refractivity contribution is 7.92. The lowest BCUT2D eigenvalue weighted by Gasteiger charge is -2.23. The van der Waals surface area contributed by atoms with E-state index in [9.17, 15) is 18.0 Å². The summed E-state index contributed by atoms with van der Waals surface area (Å²) in [6, 6.07) is 21.7. The normalized spacial score (nSPS) is 11.1. The Labute approximate surface area is 206 Å². The Hall–Kier alpha value is -3.85. The number of carbonyl (C=O) groups is 2. The first-order chi connectivity index (χ1) is 16.7. The van der Waals surface area contributed by atoms with Crippen molar-refractivity contribution >= 4 is 33.3 Å². The Morgan fingerprint density at radius 3 is 2.23 bits per heavy atom. The van der Waals surface area contributed by atoms with Crippen molar-refractivity contribution in [1.29, 1.82) is 0 Å². The molecule has 0 heterocycles. The number of hydrogen-bond acceptors (Lipinski definition) is 4. The van der Waals surface area contributed by atoms with E-state index in [0.717, 1.165) is 5.56 Å². The number of nitrogens with zero attached hydrogens (tertiary/aromatic N) is 1.